The third-order valence-corrected chi connectivity index (χ3v) is 4.48. The maximum atomic E-state index is 12.8. The number of nitrogens with zero attached hydrogens (tertiary/aromatic N) is 3. The second-order valence-electron chi connectivity index (χ2n) is 5.95. The van der Waals surface area contributed by atoms with Crippen LogP contribution in [0.3, 0.4) is 0 Å². The van der Waals surface area contributed by atoms with E-state index in [4.69, 9.17) is 4.74 Å². The number of ether oxygens (including phenoxy) is 1. The van der Waals surface area contributed by atoms with Crippen molar-refractivity contribution >= 4 is 5.96 Å². The molecule has 1 aromatic carbocycles. The summed E-state index contributed by atoms with van der Waals surface area (Å²) in [4.78, 5) is 7.69. The van der Waals surface area contributed by atoms with Crippen molar-refractivity contribution < 1.29 is 17.9 Å². The molecule has 1 aliphatic heterocycles. The van der Waals surface area contributed by atoms with Crippen molar-refractivity contribution in [1.82, 2.24) is 15.1 Å². The smallest absolute Gasteiger partial charge is 0.403 e. The Bertz CT molecular complexity index is 584. The van der Waals surface area contributed by atoms with Gasteiger partial charge >= 0.3 is 6.18 Å². The SMILES string of the molecule is CN=C(NCc1ccccc1OC)N1CCN(C(C)C(F)(F)F)CC1. The van der Waals surface area contributed by atoms with Crippen molar-refractivity contribution in [2.24, 2.45) is 4.99 Å². The molecule has 140 valence electrons. The summed E-state index contributed by atoms with van der Waals surface area (Å²) in [5.74, 6) is 1.47. The van der Waals surface area contributed by atoms with E-state index < -0.39 is 12.2 Å². The predicted octanol–water partition coefficient (Wildman–Crippen LogP) is 2.34. The van der Waals surface area contributed by atoms with Crippen molar-refractivity contribution in [3.05, 3.63) is 29.8 Å². The van der Waals surface area contributed by atoms with Crippen LogP contribution in [0, 0.1) is 0 Å². The first-order valence-electron chi connectivity index (χ1n) is 8.25. The predicted molar refractivity (Wildman–Crippen MR) is 91.9 cm³/mol. The number of aliphatic imine (C=N–C) groups is 1. The first-order valence-corrected chi connectivity index (χ1v) is 8.25. The van der Waals surface area contributed by atoms with E-state index in [1.54, 1.807) is 14.2 Å². The molecule has 0 bridgehead atoms. The van der Waals surface area contributed by atoms with E-state index in [-0.39, 0.29) is 0 Å². The molecule has 1 N–H and O–H groups in total. The van der Waals surface area contributed by atoms with Crippen molar-refractivity contribution in [2.45, 2.75) is 25.7 Å². The Morgan fingerprint density at radius 1 is 1.24 bits per heavy atom. The van der Waals surface area contributed by atoms with Gasteiger partial charge in [-0.05, 0) is 13.0 Å². The summed E-state index contributed by atoms with van der Waals surface area (Å²) in [6.45, 7) is 3.48. The average molecular weight is 358 g/mol. The monoisotopic (exact) mass is 358 g/mol. The Kier molecular flexibility index (Phi) is 6.52. The number of para-hydroxylation sites is 1. The number of guanidine groups is 1. The summed E-state index contributed by atoms with van der Waals surface area (Å²) in [5.41, 5.74) is 0.996. The lowest BCUT2D eigenvalue weighted by atomic mass is 10.2. The second kappa shape index (κ2) is 8.42. The van der Waals surface area contributed by atoms with Crippen molar-refractivity contribution in [1.29, 1.82) is 0 Å². The van der Waals surface area contributed by atoms with E-state index in [1.807, 2.05) is 29.2 Å². The molecule has 5 nitrogen and oxygen atoms in total. The summed E-state index contributed by atoms with van der Waals surface area (Å²) in [7, 11) is 3.30. The maximum absolute atomic E-state index is 12.8. The van der Waals surface area contributed by atoms with Crippen LogP contribution < -0.4 is 10.1 Å². The first-order chi connectivity index (χ1) is 11.9. The van der Waals surface area contributed by atoms with Gasteiger partial charge in [0.2, 0.25) is 0 Å². The zero-order valence-electron chi connectivity index (χ0n) is 14.8. The highest BCUT2D eigenvalue weighted by molar-refractivity contribution is 5.80. The molecule has 2 rings (SSSR count). The van der Waals surface area contributed by atoms with E-state index in [1.165, 1.54) is 11.8 Å². The lowest BCUT2D eigenvalue weighted by Crippen LogP contribution is -2.56. The first kappa shape index (κ1) is 19.4. The highest BCUT2D eigenvalue weighted by Gasteiger charge is 2.41. The van der Waals surface area contributed by atoms with Gasteiger partial charge in [0.1, 0.15) is 11.8 Å². The molecule has 1 aromatic rings. The third-order valence-electron chi connectivity index (χ3n) is 4.48. The van der Waals surface area contributed by atoms with E-state index in [9.17, 15) is 13.2 Å². The second-order valence-corrected chi connectivity index (χ2v) is 5.95. The molecule has 0 radical (unpaired) electrons. The molecule has 1 unspecified atom stereocenters. The molecule has 1 aliphatic rings. The number of hydrogen-bond donors (Lipinski definition) is 1. The number of hydrogen-bond acceptors (Lipinski definition) is 3. The summed E-state index contributed by atoms with van der Waals surface area (Å²) in [6, 6.07) is 6.26. The van der Waals surface area contributed by atoms with Gasteiger partial charge in [0.25, 0.3) is 0 Å². The molecule has 1 heterocycles. The summed E-state index contributed by atoms with van der Waals surface area (Å²) in [6.07, 6.45) is -4.19. The van der Waals surface area contributed by atoms with Crippen LogP contribution in [0.2, 0.25) is 0 Å². The molecule has 1 atom stereocenters. The molecular formula is C17H25F3N4O. The minimum absolute atomic E-state index is 0.357. The average Bonchev–Trinajstić information content (AvgIpc) is 2.61. The molecule has 1 saturated heterocycles. The molecular weight excluding hydrogens is 333 g/mol. The molecule has 0 aliphatic carbocycles. The van der Waals surface area contributed by atoms with Gasteiger partial charge < -0.3 is 15.0 Å². The topological polar surface area (TPSA) is 40.1 Å². The van der Waals surface area contributed by atoms with Gasteiger partial charge in [0.05, 0.1) is 7.11 Å². The van der Waals surface area contributed by atoms with Crippen LogP contribution in [0.1, 0.15) is 12.5 Å². The Balaban J connectivity index is 1.90. The van der Waals surface area contributed by atoms with E-state index in [0.29, 0.717) is 38.7 Å². The standard InChI is InChI=1S/C17H25F3N4O/c1-13(17(18,19)20)23-8-10-24(11-9-23)16(21-2)22-12-14-6-4-5-7-15(14)25-3/h4-7,13H,8-12H2,1-3H3,(H,21,22). The number of alkyl halides is 3. The van der Waals surface area contributed by atoms with Crippen molar-refractivity contribution in [2.75, 3.05) is 40.3 Å². The summed E-state index contributed by atoms with van der Waals surface area (Å²) in [5, 5.41) is 3.26. The normalized spacial score (nSPS) is 18.2. The number of methoxy groups -OCH3 is 1. The zero-order valence-corrected chi connectivity index (χ0v) is 14.8. The fourth-order valence-corrected chi connectivity index (χ4v) is 2.88. The van der Waals surface area contributed by atoms with E-state index in [2.05, 4.69) is 10.3 Å². The van der Waals surface area contributed by atoms with Gasteiger partial charge in [0, 0.05) is 45.3 Å². The van der Waals surface area contributed by atoms with Gasteiger partial charge in [0.15, 0.2) is 5.96 Å². The van der Waals surface area contributed by atoms with E-state index >= 15 is 0 Å². The number of rotatable bonds is 4. The van der Waals surface area contributed by atoms with Crippen LogP contribution in [0.4, 0.5) is 13.2 Å². The number of piperazine rings is 1. The number of nitrogens with one attached hydrogen (secondary N) is 1. The maximum Gasteiger partial charge on any atom is 0.403 e. The summed E-state index contributed by atoms with van der Waals surface area (Å²) >= 11 is 0. The van der Waals surface area contributed by atoms with Gasteiger partial charge in [-0.3, -0.25) is 9.89 Å². The Labute approximate surface area is 146 Å². The molecule has 0 amide bonds. The van der Waals surface area contributed by atoms with Crippen LogP contribution in [0.25, 0.3) is 0 Å². The van der Waals surface area contributed by atoms with Crippen LogP contribution in [0.5, 0.6) is 5.75 Å². The lowest BCUT2D eigenvalue weighted by molar-refractivity contribution is -0.181. The Morgan fingerprint density at radius 2 is 1.88 bits per heavy atom. The fraction of sp³-hybridized carbons (Fsp3) is 0.588. The lowest BCUT2D eigenvalue weighted by Gasteiger charge is -2.39. The van der Waals surface area contributed by atoms with Crippen molar-refractivity contribution in [3.63, 3.8) is 0 Å². The number of benzene rings is 1. The molecule has 1 fully saturated rings. The molecule has 0 saturated carbocycles. The van der Waals surface area contributed by atoms with Gasteiger partial charge in [-0.2, -0.15) is 13.2 Å². The van der Waals surface area contributed by atoms with E-state index in [0.717, 1.165) is 11.3 Å². The van der Waals surface area contributed by atoms with Gasteiger partial charge in [-0.1, -0.05) is 18.2 Å². The van der Waals surface area contributed by atoms with Crippen LogP contribution in [0.15, 0.2) is 29.3 Å². The third kappa shape index (κ3) is 5.01. The molecule has 0 aromatic heterocycles. The zero-order chi connectivity index (χ0) is 18.4. The fourth-order valence-electron chi connectivity index (χ4n) is 2.88. The minimum atomic E-state index is -4.19. The van der Waals surface area contributed by atoms with Gasteiger partial charge in [-0.15, -0.1) is 0 Å². The minimum Gasteiger partial charge on any atom is -0.496 e. The molecule has 8 heteroatoms. The largest absolute Gasteiger partial charge is 0.496 e. The van der Waals surface area contributed by atoms with Crippen LogP contribution in [-0.2, 0) is 6.54 Å². The Morgan fingerprint density at radius 3 is 2.44 bits per heavy atom. The highest BCUT2D eigenvalue weighted by Crippen LogP contribution is 2.25. The molecule has 0 spiro atoms. The van der Waals surface area contributed by atoms with Gasteiger partial charge in [-0.25, -0.2) is 0 Å². The summed E-state index contributed by atoms with van der Waals surface area (Å²) < 4.78 is 43.8. The van der Waals surface area contributed by atoms with Crippen molar-refractivity contribution in [3.8, 4) is 5.75 Å². The highest BCUT2D eigenvalue weighted by atomic mass is 19.4. The quantitative estimate of drug-likeness (QED) is 0.663. The molecule has 25 heavy (non-hydrogen) atoms. The van der Waals surface area contributed by atoms with Crippen LogP contribution in [-0.4, -0.2) is 68.3 Å². The Hall–Kier alpha value is -1.96. The number of halogens is 3. The van der Waals surface area contributed by atoms with Crippen LogP contribution >= 0.6 is 0 Å².